The van der Waals surface area contributed by atoms with Crippen LogP contribution in [0.3, 0.4) is 0 Å². The van der Waals surface area contributed by atoms with Crippen LogP contribution < -0.4 is 0 Å². The van der Waals surface area contributed by atoms with Gasteiger partial charge < -0.3 is 0 Å². The third kappa shape index (κ3) is 3.77. The summed E-state index contributed by atoms with van der Waals surface area (Å²) in [7, 11) is 0. The van der Waals surface area contributed by atoms with Gasteiger partial charge in [0.1, 0.15) is 0 Å². The molecule has 0 heterocycles. The Labute approximate surface area is 88.8 Å². The van der Waals surface area contributed by atoms with Crippen LogP contribution in [0, 0.1) is 0 Å². The molecule has 0 saturated carbocycles. The number of unbranched alkanes of at least 4 members (excludes halogenated alkanes) is 1. The summed E-state index contributed by atoms with van der Waals surface area (Å²) in [5, 5.41) is 1.11. The van der Waals surface area contributed by atoms with Crippen molar-refractivity contribution in [3.05, 3.63) is 42.0 Å². The third-order valence-electron chi connectivity index (χ3n) is 2.04. The van der Waals surface area contributed by atoms with E-state index in [1.54, 1.807) is 0 Å². The number of alkyl halides is 1. The monoisotopic (exact) mass is 238 g/mol. The first-order valence-electron chi connectivity index (χ1n) is 4.64. The van der Waals surface area contributed by atoms with Gasteiger partial charge in [-0.15, -0.1) is 0 Å². The Balaban J connectivity index is 2.51. The highest BCUT2D eigenvalue weighted by Crippen LogP contribution is 2.09. The Morgan fingerprint density at radius 3 is 2.85 bits per heavy atom. The molecular weight excluding hydrogens is 224 g/mol. The van der Waals surface area contributed by atoms with Gasteiger partial charge >= 0.3 is 0 Å². The van der Waals surface area contributed by atoms with Crippen LogP contribution in [-0.2, 0) is 6.42 Å². The van der Waals surface area contributed by atoms with Crippen LogP contribution in [0.5, 0.6) is 0 Å². The Kier molecular flexibility index (Phi) is 4.84. The fourth-order valence-corrected chi connectivity index (χ4v) is 1.70. The molecule has 13 heavy (non-hydrogen) atoms. The van der Waals surface area contributed by atoms with E-state index in [4.69, 9.17) is 0 Å². The van der Waals surface area contributed by atoms with E-state index in [2.05, 4.69) is 46.8 Å². The lowest BCUT2D eigenvalue weighted by Gasteiger charge is -2.01. The molecule has 0 amide bonds. The molecule has 1 heteroatoms. The van der Waals surface area contributed by atoms with Crippen molar-refractivity contribution in [1.29, 1.82) is 0 Å². The van der Waals surface area contributed by atoms with Gasteiger partial charge in [0, 0.05) is 5.33 Å². The Bertz CT molecular complexity index is 266. The van der Waals surface area contributed by atoms with Gasteiger partial charge in [0.15, 0.2) is 0 Å². The predicted octanol–water partition coefficient (Wildman–Crippen LogP) is 4.05. The maximum Gasteiger partial charge on any atom is 0.00314 e. The second kappa shape index (κ2) is 5.98. The van der Waals surface area contributed by atoms with Crippen molar-refractivity contribution >= 4 is 22.0 Å². The fraction of sp³-hybridized carbons (Fsp3) is 0.333. The highest BCUT2D eigenvalue weighted by molar-refractivity contribution is 9.09. The highest BCUT2D eigenvalue weighted by atomic mass is 79.9. The molecule has 0 saturated heterocycles. The van der Waals surface area contributed by atoms with E-state index in [0.29, 0.717) is 0 Å². The van der Waals surface area contributed by atoms with Crippen molar-refractivity contribution in [3.8, 4) is 0 Å². The first-order chi connectivity index (χ1) is 6.36. The fourth-order valence-electron chi connectivity index (χ4n) is 1.30. The van der Waals surface area contributed by atoms with Gasteiger partial charge in [-0.05, 0) is 30.4 Å². The molecule has 1 rings (SSSR count). The minimum absolute atomic E-state index is 1.11. The third-order valence-corrected chi connectivity index (χ3v) is 2.60. The SMILES string of the molecule is C=Cc1cccc(CCCCBr)c1. The molecule has 0 aliphatic heterocycles. The van der Waals surface area contributed by atoms with Crippen LogP contribution in [-0.4, -0.2) is 5.33 Å². The van der Waals surface area contributed by atoms with Crippen LogP contribution >= 0.6 is 15.9 Å². The number of hydrogen-bond acceptors (Lipinski definition) is 0. The van der Waals surface area contributed by atoms with Gasteiger partial charge in [0.05, 0.1) is 0 Å². The van der Waals surface area contributed by atoms with Crippen LogP contribution in [0.4, 0.5) is 0 Å². The van der Waals surface area contributed by atoms with E-state index in [0.717, 1.165) is 5.33 Å². The van der Waals surface area contributed by atoms with E-state index < -0.39 is 0 Å². The zero-order valence-corrected chi connectivity index (χ0v) is 9.39. The quantitative estimate of drug-likeness (QED) is 0.537. The first kappa shape index (κ1) is 10.5. The molecule has 0 spiro atoms. The Hall–Kier alpha value is -0.560. The summed E-state index contributed by atoms with van der Waals surface area (Å²) < 4.78 is 0. The molecule has 0 nitrogen and oxygen atoms in total. The standard InChI is InChI=1S/C12H15Br/c1-2-11-7-5-8-12(10-11)6-3-4-9-13/h2,5,7-8,10H,1,3-4,6,9H2. The van der Waals surface area contributed by atoms with Crippen molar-refractivity contribution in [2.45, 2.75) is 19.3 Å². The van der Waals surface area contributed by atoms with Gasteiger partial charge in [-0.3, -0.25) is 0 Å². The highest BCUT2D eigenvalue weighted by Gasteiger charge is 1.93. The van der Waals surface area contributed by atoms with Crippen LogP contribution in [0.1, 0.15) is 24.0 Å². The Morgan fingerprint density at radius 1 is 1.31 bits per heavy atom. The van der Waals surface area contributed by atoms with Crippen LogP contribution in [0.25, 0.3) is 6.08 Å². The minimum atomic E-state index is 1.11. The molecule has 0 aliphatic carbocycles. The molecular formula is C12H15Br. The molecule has 0 radical (unpaired) electrons. The van der Waals surface area contributed by atoms with E-state index in [9.17, 15) is 0 Å². The molecule has 0 unspecified atom stereocenters. The summed E-state index contributed by atoms with van der Waals surface area (Å²) in [6.45, 7) is 3.76. The average Bonchev–Trinajstić information content (AvgIpc) is 2.19. The van der Waals surface area contributed by atoms with Crippen molar-refractivity contribution in [2.24, 2.45) is 0 Å². The summed E-state index contributed by atoms with van der Waals surface area (Å²) in [5.41, 5.74) is 2.63. The van der Waals surface area contributed by atoms with Gasteiger partial charge in [0.25, 0.3) is 0 Å². The number of benzene rings is 1. The normalized spacial score (nSPS) is 9.92. The van der Waals surface area contributed by atoms with E-state index in [-0.39, 0.29) is 0 Å². The van der Waals surface area contributed by atoms with Crippen LogP contribution in [0.15, 0.2) is 30.8 Å². The average molecular weight is 239 g/mol. The summed E-state index contributed by atoms with van der Waals surface area (Å²) in [6, 6.07) is 8.57. The second-order valence-corrected chi connectivity index (χ2v) is 3.89. The van der Waals surface area contributed by atoms with Gasteiger partial charge in [0.2, 0.25) is 0 Å². The van der Waals surface area contributed by atoms with Crippen molar-refractivity contribution in [2.75, 3.05) is 5.33 Å². The van der Waals surface area contributed by atoms with Gasteiger partial charge in [-0.25, -0.2) is 0 Å². The molecule has 0 N–H and O–H groups in total. The molecule has 70 valence electrons. The molecule has 1 aromatic rings. The van der Waals surface area contributed by atoms with Crippen molar-refractivity contribution in [3.63, 3.8) is 0 Å². The largest absolute Gasteiger partial charge is 0.0985 e. The van der Waals surface area contributed by atoms with Crippen molar-refractivity contribution in [1.82, 2.24) is 0 Å². The molecule has 0 aromatic heterocycles. The summed E-state index contributed by atoms with van der Waals surface area (Å²) in [6.07, 6.45) is 5.57. The van der Waals surface area contributed by atoms with E-state index in [1.807, 2.05) is 6.08 Å². The second-order valence-electron chi connectivity index (χ2n) is 3.10. The number of hydrogen-bond donors (Lipinski definition) is 0. The van der Waals surface area contributed by atoms with E-state index >= 15 is 0 Å². The zero-order chi connectivity index (χ0) is 9.52. The first-order valence-corrected chi connectivity index (χ1v) is 5.76. The maximum absolute atomic E-state index is 3.76. The lowest BCUT2D eigenvalue weighted by Crippen LogP contribution is -1.86. The zero-order valence-electron chi connectivity index (χ0n) is 7.80. The predicted molar refractivity (Wildman–Crippen MR) is 63.3 cm³/mol. The van der Waals surface area contributed by atoms with E-state index in [1.165, 1.54) is 30.4 Å². The summed E-state index contributed by atoms with van der Waals surface area (Å²) >= 11 is 3.43. The molecule has 1 aromatic carbocycles. The van der Waals surface area contributed by atoms with Crippen LogP contribution in [0.2, 0.25) is 0 Å². The summed E-state index contributed by atoms with van der Waals surface area (Å²) in [4.78, 5) is 0. The lowest BCUT2D eigenvalue weighted by atomic mass is 10.1. The number of rotatable bonds is 5. The minimum Gasteiger partial charge on any atom is -0.0985 e. The maximum atomic E-state index is 3.76. The smallest absolute Gasteiger partial charge is 0.00314 e. The van der Waals surface area contributed by atoms with Gasteiger partial charge in [-0.2, -0.15) is 0 Å². The summed E-state index contributed by atoms with van der Waals surface area (Å²) in [5.74, 6) is 0. The molecule has 0 atom stereocenters. The topological polar surface area (TPSA) is 0 Å². The lowest BCUT2D eigenvalue weighted by molar-refractivity contribution is 0.806. The molecule has 0 aliphatic rings. The number of halogens is 1. The number of aryl methyl sites for hydroxylation is 1. The van der Waals surface area contributed by atoms with Crippen molar-refractivity contribution < 1.29 is 0 Å². The molecule has 0 bridgehead atoms. The van der Waals surface area contributed by atoms with Gasteiger partial charge in [-0.1, -0.05) is 52.9 Å². The Morgan fingerprint density at radius 2 is 2.15 bits per heavy atom. The molecule has 0 fully saturated rings.